The fraction of sp³-hybridized carbons (Fsp3) is 0.571. The summed E-state index contributed by atoms with van der Waals surface area (Å²) in [5, 5.41) is 0. The summed E-state index contributed by atoms with van der Waals surface area (Å²) in [4.78, 5) is 6.02. The normalized spacial score (nSPS) is 10.8. The fourth-order valence-electron chi connectivity index (χ4n) is 0.790. The number of aryl methyl sites for hydroxylation is 1. The molecule has 0 aromatic carbocycles. The van der Waals surface area contributed by atoms with E-state index < -0.39 is 0 Å². The third-order valence-corrected chi connectivity index (χ3v) is 1.14. The first kappa shape index (κ1) is 7.28. The molecular formula is C7H12N2O. The largest absolute Gasteiger partial charge is 0.445 e. The summed E-state index contributed by atoms with van der Waals surface area (Å²) >= 11 is 0. The van der Waals surface area contributed by atoms with Crippen LogP contribution < -0.4 is 0 Å². The Hall–Kier alpha value is -0.830. The van der Waals surface area contributed by atoms with Gasteiger partial charge in [0, 0.05) is 6.92 Å². The van der Waals surface area contributed by atoms with Crippen molar-refractivity contribution in [3.63, 3.8) is 0 Å². The highest BCUT2D eigenvalue weighted by atomic mass is 16.4. The van der Waals surface area contributed by atoms with Crippen LogP contribution in [-0.2, 0) is 6.54 Å². The van der Waals surface area contributed by atoms with E-state index in [1.165, 1.54) is 0 Å². The van der Waals surface area contributed by atoms with Gasteiger partial charge in [-0.05, 0) is 14.1 Å². The van der Waals surface area contributed by atoms with Gasteiger partial charge in [-0.3, -0.25) is 0 Å². The molecule has 0 unspecified atom stereocenters. The second-order valence-corrected chi connectivity index (χ2v) is 2.58. The number of hydrogen-bond acceptors (Lipinski definition) is 3. The molecule has 0 amide bonds. The lowest BCUT2D eigenvalue weighted by atomic mass is 10.5. The molecule has 1 aromatic heterocycles. The van der Waals surface area contributed by atoms with E-state index in [9.17, 15) is 0 Å². The maximum atomic E-state index is 5.24. The third-order valence-electron chi connectivity index (χ3n) is 1.14. The zero-order chi connectivity index (χ0) is 7.56. The molecule has 0 N–H and O–H groups in total. The van der Waals surface area contributed by atoms with Gasteiger partial charge in [0.15, 0.2) is 5.89 Å². The summed E-state index contributed by atoms with van der Waals surface area (Å²) in [5.74, 6) is 1.65. The monoisotopic (exact) mass is 140 g/mol. The first-order valence-corrected chi connectivity index (χ1v) is 3.24. The Labute approximate surface area is 60.7 Å². The molecule has 0 spiro atoms. The SMILES string of the molecule is Cc1ncc(CN(C)C)o1. The van der Waals surface area contributed by atoms with Gasteiger partial charge in [-0.25, -0.2) is 4.98 Å². The third kappa shape index (κ3) is 1.84. The van der Waals surface area contributed by atoms with Gasteiger partial charge in [-0.1, -0.05) is 0 Å². The topological polar surface area (TPSA) is 29.3 Å². The molecule has 1 heterocycles. The lowest BCUT2D eigenvalue weighted by Gasteiger charge is -2.04. The average molecular weight is 140 g/mol. The van der Waals surface area contributed by atoms with Crippen LogP contribution in [0.5, 0.6) is 0 Å². The van der Waals surface area contributed by atoms with Crippen molar-refractivity contribution in [2.45, 2.75) is 13.5 Å². The van der Waals surface area contributed by atoms with Crippen molar-refractivity contribution in [3.8, 4) is 0 Å². The Morgan fingerprint density at radius 2 is 2.30 bits per heavy atom. The smallest absolute Gasteiger partial charge is 0.191 e. The van der Waals surface area contributed by atoms with Crippen molar-refractivity contribution in [2.75, 3.05) is 14.1 Å². The summed E-state index contributed by atoms with van der Waals surface area (Å²) in [6, 6.07) is 0. The minimum Gasteiger partial charge on any atom is -0.445 e. The molecule has 0 bridgehead atoms. The molecule has 3 heteroatoms. The van der Waals surface area contributed by atoms with Crippen molar-refractivity contribution >= 4 is 0 Å². The maximum absolute atomic E-state index is 5.24. The van der Waals surface area contributed by atoms with Crippen LogP contribution in [0, 0.1) is 6.92 Å². The summed E-state index contributed by atoms with van der Waals surface area (Å²) in [6.45, 7) is 2.67. The molecule has 0 radical (unpaired) electrons. The number of oxazole rings is 1. The van der Waals surface area contributed by atoms with Crippen LogP contribution in [0.3, 0.4) is 0 Å². The van der Waals surface area contributed by atoms with Crippen molar-refractivity contribution in [1.82, 2.24) is 9.88 Å². The molecule has 1 rings (SSSR count). The van der Waals surface area contributed by atoms with E-state index in [4.69, 9.17) is 4.42 Å². The van der Waals surface area contributed by atoms with Crippen LogP contribution in [0.4, 0.5) is 0 Å². The maximum Gasteiger partial charge on any atom is 0.191 e. The zero-order valence-corrected chi connectivity index (χ0v) is 6.59. The molecule has 56 valence electrons. The number of rotatable bonds is 2. The number of aromatic nitrogens is 1. The van der Waals surface area contributed by atoms with E-state index in [0.717, 1.165) is 18.2 Å². The van der Waals surface area contributed by atoms with Crippen LogP contribution >= 0.6 is 0 Å². The van der Waals surface area contributed by atoms with E-state index in [1.54, 1.807) is 6.20 Å². The van der Waals surface area contributed by atoms with Gasteiger partial charge < -0.3 is 9.32 Å². The van der Waals surface area contributed by atoms with Crippen molar-refractivity contribution in [1.29, 1.82) is 0 Å². The van der Waals surface area contributed by atoms with E-state index in [-0.39, 0.29) is 0 Å². The molecule has 0 saturated heterocycles. The van der Waals surface area contributed by atoms with Crippen LogP contribution in [0.1, 0.15) is 11.7 Å². The summed E-state index contributed by atoms with van der Waals surface area (Å²) in [7, 11) is 4.00. The van der Waals surface area contributed by atoms with Gasteiger partial charge >= 0.3 is 0 Å². The van der Waals surface area contributed by atoms with Crippen LogP contribution in [0.25, 0.3) is 0 Å². The van der Waals surface area contributed by atoms with Crippen molar-refractivity contribution in [2.24, 2.45) is 0 Å². The van der Waals surface area contributed by atoms with Gasteiger partial charge in [-0.15, -0.1) is 0 Å². The fourth-order valence-corrected chi connectivity index (χ4v) is 0.790. The van der Waals surface area contributed by atoms with Gasteiger partial charge in [-0.2, -0.15) is 0 Å². The minimum absolute atomic E-state index is 0.733. The van der Waals surface area contributed by atoms with E-state index in [2.05, 4.69) is 4.98 Å². The van der Waals surface area contributed by atoms with E-state index in [1.807, 2.05) is 25.9 Å². The van der Waals surface area contributed by atoms with E-state index >= 15 is 0 Å². The second kappa shape index (κ2) is 2.84. The molecule has 0 atom stereocenters. The Bertz CT molecular complexity index is 205. The Morgan fingerprint density at radius 3 is 2.70 bits per heavy atom. The first-order valence-electron chi connectivity index (χ1n) is 3.24. The molecule has 1 aromatic rings. The average Bonchev–Trinajstić information content (AvgIpc) is 2.13. The molecule has 0 saturated carbocycles. The van der Waals surface area contributed by atoms with Crippen LogP contribution in [-0.4, -0.2) is 24.0 Å². The van der Waals surface area contributed by atoms with Crippen molar-refractivity contribution < 1.29 is 4.42 Å². The number of hydrogen-bond donors (Lipinski definition) is 0. The molecule has 0 aliphatic rings. The predicted molar refractivity (Wildman–Crippen MR) is 38.6 cm³/mol. The Kier molecular flexibility index (Phi) is 2.06. The molecule has 10 heavy (non-hydrogen) atoms. The van der Waals surface area contributed by atoms with Gasteiger partial charge in [0.1, 0.15) is 5.76 Å². The lowest BCUT2D eigenvalue weighted by Crippen LogP contribution is -2.09. The highest BCUT2D eigenvalue weighted by Crippen LogP contribution is 2.03. The van der Waals surface area contributed by atoms with Gasteiger partial charge in [0.05, 0.1) is 12.7 Å². The van der Waals surface area contributed by atoms with Gasteiger partial charge in [0.2, 0.25) is 0 Å². The predicted octanol–water partition coefficient (Wildman–Crippen LogP) is 1.04. The van der Waals surface area contributed by atoms with E-state index in [0.29, 0.717) is 0 Å². The summed E-state index contributed by atoms with van der Waals surface area (Å²) < 4.78 is 5.24. The Balaban J connectivity index is 2.58. The van der Waals surface area contributed by atoms with Crippen LogP contribution in [0.15, 0.2) is 10.6 Å². The lowest BCUT2D eigenvalue weighted by molar-refractivity contribution is 0.344. The highest BCUT2D eigenvalue weighted by molar-refractivity contribution is 4.91. The molecular weight excluding hydrogens is 128 g/mol. The molecule has 0 aliphatic heterocycles. The quantitative estimate of drug-likeness (QED) is 0.614. The first-order chi connectivity index (χ1) is 4.68. The molecule has 0 aliphatic carbocycles. The number of nitrogens with zero attached hydrogens (tertiary/aromatic N) is 2. The summed E-state index contributed by atoms with van der Waals surface area (Å²) in [6.07, 6.45) is 1.76. The molecule has 3 nitrogen and oxygen atoms in total. The second-order valence-electron chi connectivity index (χ2n) is 2.58. The highest BCUT2D eigenvalue weighted by Gasteiger charge is 1.99. The minimum atomic E-state index is 0.733. The van der Waals surface area contributed by atoms with Gasteiger partial charge in [0.25, 0.3) is 0 Å². The van der Waals surface area contributed by atoms with Crippen LogP contribution in [0.2, 0.25) is 0 Å². The standard InChI is InChI=1S/C7H12N2O/c1-6-8-4-7(10-6)5-9(2)3/h4H,5H2,1-3H3. The molecule has 0 fully saturated rings. The zero-order valence-electron chi connectivity index (χ0n) is 6.59. The van der Waals surface area contributed by atoms with Crippen molar-refractivity contribution in [3.05, 3.63) is 17.8 Å². The summed E-state index contributed by atoms with van der Waals surface area (Å²) in [5.41, 5.74) is 0. The Morgan fingerprint density at radius 1 is 1.60 bits per heavy atom.